The summed E-state index contributed by atoms with van der Waals surface area (Å²) in [6, 6.07) is 20.9. The maximum atomic E-state index is 14.1. The van der Waals surface area contributed by atoms with Crippen molar-refractivity contribution in [2.24, 2.45) is 0 Å². The summed E-state index contributed by atoms with van der Waals surface area (Å²) in [6.45, 7) is 0. The number of methoxy groups -OCH3 is 1. The van der Waals surface area contributed by atoms with E-state index in [0.29, 0.717) is 32.6 Å². The summed E-state index contributed by atoms with van der Waals surface area (Å²) in [5.41, 5.74) is 2.20. The highest BCUT2D eigenvalue weighted by molar-refractivity contribution is 9.10. The van der Waals surface area contributed by atoms with E-state index in [2.05, 4.69) is 26.2 Å². The SMILES string of the molecule is COc1c(C(=O)Nc2ccc3oc(-c4ccccc4F)nc3c2)cc2ccccc2c1Br. The fraction of sp³-hybridized carbons (Fsp3) is 0.0400. The molecule has 0 fully saturated rings. The molecule has 0 bridgehead atoms. The average molecular weight is 491 g/mol. The van der Waals surface area contributed by atoms with Crippen LogP contribution in [0.4, 0.5) is 10.1 Å². The number of anilines is 1. The fourth-order valence-corrected chi connectivity index (χ4v) is 4.34. The Kier molecular flexibility index (Phi) is 5.11. The third kappa shape index (κ3) is 3.50. The highest BCUT2D eigenvalue weighted by Crippen LogP contribution is 2.37. The average Bonchev–Trinajstić information content (AvgIpc) is 3.22. The summed E-state index contributed by atoms with van der Waals surface area (Å²) >= 11 is 3.55. The second kappa shape index (κ2) is 8.09. The molecule has 1 amide bonds. The number of ether oxygens (including phenoxy) is 1. The van der Waals surface area contributed by atoms with E-state index in [1.807, 2.05) is 24.3 Å². The second-order valence-corrected chi connectivity index (χ2v) is 7.92. The van der Waals surface area contributed by atoms with Crippen LogP contribution in [-0.2, 0) is 0 Å². The first-order chi connectivity index (χ1) is 15.5. The first kappa shape index (κ1) is 20.2. The van der Waals surface area contributed by atoms with Gasteiger partial charge in [0.1, 0.15) is 17.1 Å². The lowest BCUT2D eigenvalue weighted by molar-refractivity contribution is 0.102. The summed E-state index contributed by atoms with van der Waals surface area (Å²) in [6.07, 6.45) is 0. The highest BCUT2D eigenvalue weighted by atomic mass is 79.9. The summed E-state index contributed by atoms with van der Waals surface area (Å²) in [7, 11) is 1.53. The van der Waals surface area contributed by atoms with Crippen LogP contribution >= 0.6 is 15.9 Å². The number of amides is 1. The zero-order valence-electron chi connectivity index (χ0n) is 16.9. The van der Waals surface area contributed by atoms with E-state index in [4.69, 9.17) is 9.15 Å². The van der Waals surface area contributed by atoms with Gasteiger partial charge in [-0.1, -0.05) is 36.4 Å². The maximum absolute atomic E-state index is 14.1. The van der Waals surface area contributed by atoms with Crippen LogP contribution in [-0.4, -0.2) is 18.0 Å². The van der Waals surface area contributed by atoms with E-state index in [0.717, 1.165) is 10.8 Å². The number of benzene rings is 4. The van der Waals surface area contributed by atoms with Gasteiger partial charge in [0.05, 0.1) is 22.7 Å². The minimum Gasteiger partial charge on any atom is -0.495 e. The van der Waals surface area contributed by atoms with Crippen LogP contribution in [0.5, 0.6) is 5.75 Å². The predicted molar refractivity (Wildman–Crippen MR) is 126 cm³/mol. The standard InChI is InChI=1S/C25H16BrFN2O3/c1-31-23-18(12-14-6-2-3-7-16(14)22(23)26)24(30)28-15-10-11-21-20(13-15)29-25(32-21)17-8-4-5-9-19(17)27/h2-13H,1H3,(H,28,30). The molecule has 1 heterocycles. The Hall–Kier alpha value is -3.71. The van der Waals surface area contributed by atoms with Gasteiger partial charge >= 0.3 is 0 Å². The number of carbonyl (C=O) groups is 1. The molecule has 0 unspecified atom stereocenters. The van der Waals surface area contributed by atoms with E-state index in [-0.39, 0.29) is 17.4 Å². The Balaban J connectivity index is 1.49. The molecule has 0 aliphatic carbocycles. The van der Waals surface area contributed by atoms with Gasteiger partial charge in [-0.2, -0.15) is 0 Å². The topological polar surface area (TPSA) is 64.4 Å². The number of hydrogen-bond donors (Lipinski definition) is 1. The summed E-state index contributed by atoms with van der Waals surface area (Å²) in [5, 5.41) is 4.74. The van der Waals surface area contributed by atoms with Crippen LogP contribution in [0.25, 0.3) is 33.3 Å². The molecule has 158 valence electrons. The molecule has 5 aromatic rings. The van der Waals surface area contributed by atoms with Crippen molar-refractivity contribution in [1.82, 2.24) is 4.98 Å². The molecule has 0 saturated heterocycles. The molecular weight excluding hydrogens is 475 g/mol. The van der Waals surface area contributed by atoms with Crippen molar-refractivity contribution in [2.75, 3.05) is 12.4 Å². The van der Waals surface area contributed by atoms with Crippen LogP contribution < -0.4 is 10.1 Å². The van der Waals surface area contributed by atoms with Crippen molar-refractivity contribution in [1.29, 1.82) is 0 Å². The number of rotatable bonds is 4. The van der Waals surface area contributed by atoms with E-state index in [1.54, 1.807) is 42.5 Å². The number of nitrogens with zero attached hydrogens (tertiary/aromatic N) is 1. The molecule has 0 spiro atoms. The predicted octanol–water partition coefficient (Wildman–Crippen LogP) is 6.81. The van der Waals surface area contributed by atoms with Crippen LogP contribution in [0.15, 0.2) is 81.7 Å². The highest BCUT2D eigenvalue weighted by Gasteiger charge is 2.19. The van der Waals surface area contributed by atoms with Crippen molar-refractivity contribution in [3.8, 4) is 17.2 Å². The third-order valence-electron chi connectivity index (χ3n) is 5.14. The molecule has 32 heavy (non-hydrogen) atoms. The van der Waals surface area contributed by atoms with Gasteiger partial charge in [0.2, 0.25) is 5.89 Å². The molecule has 0 saturated carbocycles. The molecule has 0 radical (unpaired) electrons. The van der Waals surface area contributed by atoms with Gasteiger partial charge in [0, 0.05) is 5.69 Å². The lowest BCUT2D eigenvalue weighted by Gasteiger charge is -2.13. The second-order valence-electron chi connectivity index (χ2n) is 7.13. The normalized spacial score (nSPS) is 11.1. The summed E-state index contributed by atoms with van der Waals surface area (Å²) < 4.78 is 26.0. The van der Waals surface area contributed by atoms with Crippen molar-refractivity contribution in [2.45, 2.75) is 0 Å². The van der Waals surface area contributed by atoms with Gasteiger partial charge in [0.15, 0.2) is 5.58 Å². The molecule has 0 atom stereocenters. The molecule has 5 rings (SSSR count). The Morgan fingerprint density at radius 3 is 2.66 bits per heavy atom. The largest absolute Gasteiger partial charge is 0.495 e. The van der Waals surface area contributed by atoms with Crippen LogP contribution in [0, 0.1) is 5.82 Å². The Morgan fingerprint density at radius 2 is 1.84 bits per heavy atom. The number of fused-ring (bicyclic) bond motifs is 2. The first-order valence-electron chi connectivity index (χ1n) is 9.77. The van der Waals surface area contributed by atoms with Gasteiger partial charge in [-0.25, -0.2) is 9.37 Å². The Labute approximate surface area is 191 Å². The summed E-state index contributed by atoms with van der Waals surface area (Å²) in [5.74, 6) is -0.112. The zero-order chi connectivity index (χ0) is 22.2. The Bertz CT molecular complexity index is 1500. The molecule has 0 aliphatic rings. The zero-order valence-corrected chi connectivity index (χ0v) is 18.4. The lowest BCUT2D eigenvalue weighted by Crippen LogP contribution is -2.13. The molecule has 1 aromatic heterocycles. The minimum atomic E-state index is -0.415. The van der Waals surface area contributed by atoms with E-state index < -0.39 is 5.82 Å². The van der Waals surface area contributed by atoms with Crippen LogP contribution in [0.1, 0.15) is 10.4 Å². The van der Waals surface area contributed by atoms with Crippen molar-refractivity contribution in [3.05, 3.63) is 88.6 Å². The van der Waals surface area contributed by atoms with Gasteiger partial charge in [0.25, 0.3) is 5.91 Å². The van der Waals surface area contributed by atoms with Gasteiger partial charge < -0.3 is 14.5 Å². The van der Waals surface area contributed by atoms with E-state index in [1.165, 1.54) is 13.2 Å². The van der Waals surface area contributed by atoms with Crippen LogP contribution in [0.3, 0.4) is 0 Å². The van der Waals surface area contributed by atoms with Crippen molar-refractivity contribution >= 4 is 49.4 Å². The smallest absolute Gasteiger partial charge is 0.259 e. The van der Waals surface area contributed by atoms with Gasteiger partial charge in [-0.05, 0) is 63.1 Å². The van der Waals surface area contributed by atoms with E-state index in [9.17, 15) is 9.18 Å². The number of oxazole rings is 1. The monoisotopic (exact) mass is 490 g/mol. The maximum Gasteiger partial charge on any atom is 0.259 e. The van der Waals surface area contributed by atoms with E-state index >= 15 is 0 Å². The number of halogens is 2. The Morgan fingerprint density at radius 1 is 1.06 bits per heavy atom. The summed E-state index contributed by atoms with van der Waals surface area (Å²) in [4.78, 5) is 17.5. The van der Waals surface area contributed by atoms with Crippen molar-refractivity contribution < 1.29 is 18.3 Å². The fourth-order valence-electron chi connectivity index (χ4n) is 3.61. The number of carbonyl (C=O) groups excluding carboxylic acids is 1. The number of aromatic nitrogens is 1. The number of nitrogens with one attached hydrogen (secondary N) is 1. The molecule has 1 N–H and O–H groups in total. The van der Waals surface area contributed by atoms with Gasteiger partial charge in [-0.3, -0.25) is 4.79 Å². The van der Waals surface area contributed by atoms with Crippen molar-refractivity contribution in [3.63, 3.8) is 0 Å². The molecule has 0 aliphatic heterocycles. The van der Waals surface area contributed by atoms with Crippen LogP contribution in [0.2, 0.25) is 0 Å². The molecule has 4 aromatic carbocycles. The van der Waals surface area contributed by atoms with Gasteiger partial charge in [-0.15, -0.1) is 0 Å². The lowest BCUT2D eigenvalue weighted by atomic mass is 10.1. The first-order valence-corrected chi connectivity index (χ1v) is 10.6. The molecule has 7 heteroatoms. The third-order valence-corrected chi connectivity index (χ3v) is 5.93. The number of hydrogen-bond acceptors (Lipinski definition) is 4. The minimum absolute atomic E-state index is 0.182. The molecule has 5 nitrogen and oxygen atoms in total. The molecular formula is C25H16BrFN2O3. The quantitative estimate of drug-likeness (QED) is 0.300.